The highest BCUT2D eigenvalue weighted by Gasteiger charge is 2.22. The molecule has 0 atom stereocenters. The molecule has 126 valence electrons. The van der Waals surface area contributed by atoms with Crippen LogP contribution in [0, 0.1) is 5.82 Å². The third-order valence-corrected chi connectivity index (χ3v) is 3.46. The summed E-state index contributed by atoms with van der Waals surface area (Å²) < 4.78 is 19.9. The summed E-state index contributed by atoms with van der Waals surface area (Å²) in [5.74, 6) is -0.966. The van der Waals surface area contributed by atoms with E-state index in [2.05, 4.69) is 20.0 Å². The van der Waals surface area contributed by atoms with Gasteiger partial charge < -0.3 is 4.74 Å². The van der Waals surface area contributed by atoms with Crippen molar-refractivity contribution >= 4 is 11.6 Å². The van der Waals surface area contributed by atoms with Crippen molar-refractivity contribution in [3.05, 3.63) is 64.3 Å². The van der Waals surface area contributed by atoms with Crippen LogP contribution in [0.4, 0.5) is 4.39 Å². The molecule has 2 heterocycles. The summed E-state index contributed by atoms with van der Waals surface area (Å²) in [6.45, 7) is 1.97. The van der Waals surface area contributed by atoms with Crippen molar-refractivity contribution in [1.29, 1.82) is 0 Å². The van der Waals surface area contributed by atoms with Crippen molar-refractivity contribution in [1.82, 2.24) is 14.4 Å². The standard InChI is InChI=1S/C16H13FN6O2/c1-2-25-16(24)14-15(10-3-5-11(17)6-4-10)23-9-19-12(8-20-22-18)7-13(23)21-14/h3-7,9H,2,8H2,1H3. The van der Waals surface area contributed by atoms with Crippen molar-refractivity contribution in [2.75, 3.05) is 6.61 Å². The number of azide groups is 1. The van der Waals surface area contributed by atoms with E-state index in [1.54, 1.807) is 29.5 Å². The van der Waals surface area contributed by atoms with Gasteiger partial charge in [-0.3, -0.25) is 4.40 Å². The molecule has 0 aliphatic carbocycles. The highest BCUT2D eigenvalue weighted by atomic mass is 19.1. The lowest BCUT2D eigenvalue weighted by atomic mass is 10.1. The Morgan fingerprint density at radius 2 is 2.16 bits per heavy atom. The van der Waals surface area contributed by atoms with Gasteiger partial charge in [0.15, 0.2) is 5.69 Å². The van der Waals surface area contributed by atoms with Gasteiger partial charge in [-0.05, 0) is 36.7 Å². The lowest BCUT2D eigenvalue weighted by Gasteiger charge is -2.05. The van der Waals surface area contributed by atoms with Gasteiger partial charge >= 0.3 is 5.97 Å². The number of benzene rings is 1. The summed E-state index contributed by atoms with van der Waals surface area (Å²) in [7, 11) is 0. The van der Waals surface area contributed by atoms with Crippen LogP contribution in [-0.4, -0.2) is 26.9 Å². The van der Waals surface area contributed by atoms with Gasteiger partial charge in [-0.15, -0.1) is 0 Å². The number of esters is 1. The number of aromatic nitrogens is 3. The first-order valence-electron chi connectivity index (χ1n) is 7.45. The quantitative estimate of drug-likeness (QED) is 0.306. The topological polar surface area (TPSA) is 105 Å². The van der Waals surface area contributed by atoms with Gasteiger partial charge in [0.25, 0.3) is 0 Å². The van der Waals surface area contributed by atoms with E-state index in [4.69, 9.17) is 10.3 Å². The maximum absolute atomic E-state index is 13.2. The number of hydrogen-bond acceptors (Lipinski definition) is 5. The van der Waals surface area contributed by atoms with Gasteiger partial charge in [0.05, 0.1) is 24.5 Å². The Hall–Kier alpha value is -3.45. The normalized spacial score (nSPS) is 10.5. The Morgan fingerprint density at radius 3 is 2.84 bits per heavy atom. The van der Waals surface area contributed by atoms with Gasteiger partial charge in [-0.25, -0.2) is 19.2 Å². The Morgan fingerprint density at radius 1 is 1.40 bits per heavy atom. The number of halogens is 1. The summed E-state index contributed by atoms with van der Waals surface area (Å²) in [6.07, 6.45) is 1.48. The molecule has 2 aromatic heterocycles. The van der Waals surface area contributed by atoms with E-state index in [0.717, 1.165) is 0 Å². The SMILES string of the molecule is CCOC(=O)c1nc2cc(CN=[N+]=[N-])ncn2c1-c1ccc(F)cc1. The Bertz CT molecular complexity index is 976. The van der Waals surface area contributed by atoms with Gasteiger partial charge in [0, 0.05) is 16.5 Å². The first-order valence-corrected chi connectivity index (χ1v) is 7.45. The number of imidazole rings is 1. The molecule has 0 fully saturated rings. The number of hydrogen-bond donors (Lipinski definition) is 0. The molecule has 0 aliphatic heterocycles. The van der Waals surface area contributed by atoms with Crippen LogP contribution >= 0.6 is 0 Å². The van der Waals surface area contributed by atoms with E-state index in [1.807, 2.05) is 0 Å². The monoisotopic (exact) mass is 340 g/mol. The smallest absolute Gasteiger partial charge is 0.359 e. The Labute approximate surface area is 141 Å². The highest BCUT2D eigenvalue weighted by molar-refractivity contribution is 5.95. The third-order valence-electron chi connectivity index (χ3n) is 3.46. The van der Waals surface area contributed by atoms with Gasteiger partial charge in [0.2, 0.25) is 0 Å². The minimum absolute atomic E-state index is 0.0699. The number of ether oxygens (including phenoxy) is 1. The fraction of sp³-hybridized carbons (Fsp3) is 0.188. The highest BCUT2D eigenvalue weighted by Crippen LogP contribution is 2.26. The lowest BCUT2D eigenvalue weighted by Crippen LogP contribution is -2.07. The molecule has 0 N–H and O–H groups in total. The van der Waals surface area contributed by atoms with Crippen LogP contribution < -0.4 is 0 Å². The van der Waals surface area contributed by atoms with Crippen LogP contribution in [0.5, 0.6) is 0 Å². The van der Waals surface area contributed by atoms with Crippen molar-refractivity contribution in [2.45, 2.75) is 13.5 Å². The molecule has 25 heavy (non-hydrogen) atoms. The molecule has 0 unspecified atom stereocenters. The maximum Gasteiger partial charge on any atom is 0.359 e. The van der Waals surface area contributed by atoms with Crippen LogP contribution in [0.1, 0.15) is 23.1 Å². The molecule has 3 aromatic rings. The van der Waals surface area contributed by atoms with Crippen LogP contribution in [0.15, 0.2) is 41.8 Å². The van der Waals surface area contributed by atoms with E-state index in [9.17, 15) is 9.18 Å². The molecule has 0 saturated carbocycles. The molecule has 1 aromatic carbocycles. The summed E-state index contributed by atoms with van der Waals surface area (Å²) in [6, 6.07) is 7.31. The predicted molar refractivity (Wildman–Crippen MR) is 87.2 cm³/mol. The van der Waals surface area contributed by atoms with E-state index in [0.29, 0.717) is 22.6 Å². The molecule has 3 rings (SSSR count). The summed E-state index contributed by atoms with van der Waals surface area (Å²) in [5.41, 5.74) is 10.5. The molecule has 8 nitrogen and oxygen atoms in total. The molecule has 0 spiro atoms. The summed E-state index contributed by atoms with van der Waals surface area (Å²) in [4.78, 5) is 23.5. The zero-order valence-corrected chi connectivity index (χ0v) is 13.3. The van der Waals surface area contributed by atoms with Crippen LogP contribution in [0.25, 0.3) is 27.3 Å². The molecule has 0 bridgehead atoms. The van der Waals surface area contributed by atoms with Crippen LogP contribution in [0.3, 0.4) is 0 Å². The number of fused-ring (bicyclic) bond motifs is 1. The first-order chi connectivity index (χ1) is 12.1. The minimum Gasteiger partial charge on any atom is -0.461 e. The maximum atomic E-state index is 13.2. The second-order valence-corrected chi connectivity index (χ2v) is 5.03. The number of carbonyl (C=O) groups is 1. The second-order valence-electron chi connectivity index (χ2n) is 5.03. The van der Waals surface area contributed by atoms with Crippen molar-refractivity contribution in [3.8, 4) is 11.3 Å². The first kappa shape index (κ1) is 16.4. The van der Waals surface area contributed by atoms with Crippen LogP contribution in [0.2, 0.25) is 0 Å². The lowest BCUT2D eigenvalue weighted by molar-refractivity contribution is 0.0521. The van der Waals surface area contributed by atoms with E-state index >= 15 is 0 Å². The largest absolute Gasteiger partial charge is 0.461 e. The zero-order valence-electron chi connectivity index (χ0n) is 13.3. The summed E-state index contributed by atoms with van der Waals surface area (Å²) in [5, 5.41) is 3.46. The average Bonchev–Trinajstić information content (AvgIpc) is 2.99. The van der Waals surface area contributed by atoms with Gasteiger partial charge in [0.1, 0.15) is 17.8 Å². The van der Waals surface area contributed by atoms with Crippen molar-refractivity contribution in [3.63, 3.8) is 0 Å². The molecule has 0 radical (unpaired) electrons. The molecule has 0 saturated heterocycles. The molecule has 0 amide bonds. The number of rotatable bonds is 5. The van der Waals surface area contributed by atoms with Crippen LogP contribution in [-0.2, 0) is 11.3 Å². The summed E-state index contributed by atoms with van der Waals surface area (Å²) >= 11 is 0. The molecular weight excluding hydrogens is 327 g/mol. The fourth-order valence-electron chi connectivity index (χ4n) is 2.40. The van der Waals surface area contributed by atoms with Gasteiger partial charge in [-0.2, -0.15) is 0 Å². The fourth-order valence-corrected chi connectivity index (χ4v) is 2.40. The molecule has 9 heteroatoms. The Balaban J connectivity index is 2.19. The van der Waals surface area contributed by atoms with E-state index < -0.39 is 5.97 Å². The van der Waals surface area contributed by atoms with Crippen molar-refractivity contribution < 1.29 is 13.9 Å². The zero-order chi connectivity index (χ0) is 17.8. The number of carbonyl (C=O) groups excluding carboxylic acids is 1. The van der Waals surface area contributed by atoms with E-state index in [1.165, 1.54) is 18.5 Å². The average molecular weight is 340 g/mol. The van der Waals surface area contributed by atoms with Crippen molar-refractivity contribution in [2.24, 2.45) is 5.11 Å². The molecular formula is C16H13FN6O2. The third kappa shape index (κ3) is 3.26. The second kappa shape index (κ2) is 6.98. The Kier molecular flexibility index (Phi) is 4.58. The predicted octanol–water partition coefficient (Wildman–Crippen LogP) is 3.52. The number of nitrogens with zero attached hydrogens (tertiary/aromatic N) is 6. The molecule has 0 aliphatic rings. The van der Waals surface area contributed by atoms with Gasteiger partial charge in [-0.1, -0.05) is 5.11 Å². The minimum atomic E-state index is -0.581. The van der Waals surface area contributed by atoms with E-state index in [-0.39, 0.29) is 24.7 Å².